The second-order valence-corrected chi connectivity index (χ2v) is 4.68. The van der Waals surface area contributed by atoms with Gasteiger partial charge < -0.3 is 4.57 Å². The molecule has 2 aromatic rings. The molecule has 0 amide bonds. The summed E-state index contributed by atoms with van der Waals surface area (Å²) in [5.74, 6) is 0. The van der Waals surface area contributed by atoms with Gasteiger partial charge in [-0.2, -0.15) is 0 Å². The van der Waals surface area contributed by atoms with Crippen molar-refractivity contribution < 1.29 is 0 Å². The summed E-state index contributed by atoms with van der Waals surface area (Å²) in [5.41, 5.74) is 5.28. The van der Waals surface area contributed by atoms with E-state index in [1.165, 1.54) is 34.9 Å². The van der Waals surface area contributed by atoms with Crippen molar-refractivity contribution in [3.63, 3.8) is 0 Å². The molecule has 0 atom stereocenters. The standard InChI is InChI=1S/C16H17N/c1-3-6-12(2)15-11-17-10-5-8-13-7-4-9-14(15)16(13)17/h3-4,6-7,9,11H,2,5,8,10H2,1H3. The Kier molecular flexibility index (Phi) is 2.40. The zero-order chi connectivity index (χ0) is 11.8. The zero-order valence-electron chi connectivity index (χ0n) is 10.2. The second-order valence-electron chi connectivity index (χ2n) is 4.68. The highest BCUT2D eigenvalue weighted by Gasteiger charge is 2.15. The van der Waals surface area contributed by atoms with Crippen LogP contribution in [-0.4, -0.2) is 4.57 Å². The van der Waals surface area contributed by atoms with E-state index in [9.17, 15) is 0 Å². The first kappa shape index (κ1) is 10.4. The van der Waals surface area contributed by atoms with Crippen LogP contribution in [0.3, 0.4) is 0 Å². The maximum Gasteiger partial charge on any atom is 0.0519 e. The van der Waals surface area contributed by atoms with Gasteiger partial charge in [-0.1, -0.05) is 36.9 Å². The fraction of sp³-hybridized carbons (Fsp3) is 0.250. The molecule has 86 valence electrons. The summed E-state index contributed by atoms with van der Waals surface area (Å²) in [6.07, 6.45) is 8.85. The number of allylic oxidation sites excluding steroid dienone is 3. The van der Waals surface area contributed by atoms with Gasteiger partial charge in [0.2, 0.25) is 0 Å². The van der Waals surface area contributed by atoms with Crippen LogP contribution in [0.2, 0.25) is 0 Å². The van der Waals surface area contributed by atoms with Crippen LogP contribution in [0.25, 0.3) is 16.5 Å². The molecule has 2 heterocycles. The van der Waals surface area contributed by atoms with Gasteiger partial charge in [0, 0.05) is 23.7 Å². The summed E-state index contributed by atoms with van der Waals surface area (Å²) in [6.45, 7) is 7.33. The summed E-state index contributed by atoms with van der Waals surface area (Å²) >= 11 is 0. The molecular weight excluding hydrogens is 206 g/mol. The highest BCUT2D eigenvalue weighted by atomic mass is 15.0. The van der Waals surface area contributed by atoms with E-state index in [0.29, 0.717) is 0 Å². The van der Waals surface area contributed by atoms with E-state index in [0.717, 1.165) is 12.1 Å². The first-order valence-electron chi connectivity index (χ1n) is 6.24. The lowest BCUT2D eigenvalue weighted by molar-refractivity contribution is 0.635. The molecule has 0 aliphatic carbocycles. The Balaban J connectivity index is 2.29. The first-order valence-corrected chi connectivity index (χ1v) is 6.24. The third kappa shape index (κ3) is 1.54. The van der Waals surface area contributed by atoms with Crippen molar-refractivity contribution in [1.29, 1.82) is 0 Å². The Morgan fingerprint density at radius 3 is 3.12 bits per heavy atom. The Morgan fingerprint density at radius 2 is 2.29 bits per heavy atom. The maximum atomic E-state index is 4.16. The van der Waals surface area contributed by atoms with Crippen molar-refractivity contribution in [2.24, 2.45) is 0 Å². The zero-order valence-corrected chi connectivity index (χ0v) is 10.2. The summed E-state index contributed by atoms with van der Waals surface area (Å²) in [5, 5.41) is 1.35. The lowest BCUT2D eigenvalue weighted by atomic mass is 10.0. The Labute approximate surface area is 102 Å². The number of aromatic nitrogens is 1. The average Bonchev–Trinajstić information content (AvgIpc) is 2.72. The van der Waals surface area contributed by atoms with Crippen LogP contribution in [0, 0.1) is 0 Å². The minimum absolute atomic E-state index is 1.11. The van der Waals surface area contributed by atoms with Crippen LogP contribution < -0.4 is 0 Å². The number of aryl methyl sites for hydroxylation is 2. The fourth-order valence-electron chi connectivity index (χ4n) is 2.80. The molecule has 0 radical (unpaired) electrons. The highest BCUT2D eigenvalue weighted by molar-refractivity contribution is 5.96. The third-order valence-corrected chi connectivity index (χ3v) is 3.54. The van der Waals surface area contributed by atoms with E-state index in [2.05, 4.69) is 47.7 Å². The second kappa shape index (κ2) is 3.92. The van der Waals surface area contributed by atoms with E-state index in [4.69, 9.17) is 0 Å². The number of hydrogen-bond acceptors (Lipinski definition) is 0. The van der Waals surface area contributed by atoms with Crippen molar-refractivity contribution >= 4 is 16.5 Å². The molecule has 0 bridgehead atoms. The van der Waals surface area contributed by atoms with Crippen molar-refractivity contribution in [2.45, 2.75) is 26.3 Å². The largest absolute Gasteiger partial charge is 0.347 e. The van der Waals surface area contributed by atoms with Gasteiger partial charge in [-0.05, 0) is 30.9 Å². The average molecular weight is 223 g/mol. The van der Waals surface area contributed by atoms with Gasteiger partial charge in [-0.25, -0.2) is 0 Å². The predicted octanol–water partition coefficient (Wildman–Crippen LogP) is 4.18. The number of nitrogens with zero attached hydrogens (tertiary/aromatic N) is 1. The van der Waals surface area contributed by atoms with Gasteiger partial charge >= 0.3 is 0 Å². The SMILES string of the molecule is C=C(C=CC)c1cn2c3c(cccc13)CCC2. The van der Waals surface area contributed by atoms with E-state index in [1.807, 2.05) is 6.92 Å². The minimum Gasteiger partial charge on any atom is -0.347 e. The van der Waals surface area contributed by atoms with Gasteiger partial charge in [0.15, 0.2) is 0 Å². The molecule has 0 N–H and O–H groups in total. The lowest BCUT2D eigenvalue weighted by Gasteiger charge is -2.14. The van der Waals surface area contributed by atoms with Crippen molar-refractivity contribution in [3.8, 4) is 0 Å². The number of rotatable bonds is 2. The molecular formula is C16H17N. The van der Waals surface area contributed by atoms with Gasteiger partial charge in [0.1, 0.15) is 0 Å². The molecule has 1 heteroatoms. The Morgan fingerprint density at radius 1 is 1.41 bits per heavy atom. The summed E-state index contributed by atoms with van der Waals surface area (Å²) in [4.78, 5) is 0. The maximum absolute atomic E-state index is 4.16. The van der Waals surface area contributed by atoms with Crippen LogP contribution in [0.4, 0.5) is 0 Å². The molecule has 0 spiro atoms. The van der Waals surface area contributed by atoms with E-state index < -0.39 is 0 Å². The quantitative estimate of drug-likeness (QED) is 0.673. The molecule has 0 fully saturated rings. The normalized spacial score (nSPS) is 14.6. The molecule has 0 saturated carbocycles. The topological polar surface area (TPSA) is 4.93 Å². The van der Waals surface area contributed by atoms with Gasteiger partial charge in [0.25, 0.3) is 0 Å². The van der Waals surface area contributed by atoms with E-state index in [-0.39, 0.29) is 0 Å². The van der Waals surface area contributed by atoms with E-state index >= 15 is 0 Å². The third-order valence-electron chi connectivity index (χ3n) is 3.54. The van der Waals surface area contributed by atoms with Crippen LogP contribution in [0.5, 0.6) is 0 Å². The minimum atomic E-state index is 1.11. The summed E-state index contributed by atoms with van der Waals surface area (Å²) in [7, 11) is 0. The number of para-hydroxylation sites is 1. The molecule has 1 aliphatic heterocycles. The molecule has 17 heavy (non-hydrogen) atoms. The fourth-order valence-corrected chi connectivity index (χ4v) is 2.80. The number of hydrogen-bond donors (Lipinski definition) is 0. The molecule has 1 aliphatic rings. The highest BCUT2D eigenvalue weighted by Crippen LogP contribution is 2.32. The van der Waals surface area contributed by atoms with Gasteiger partial charge in [-0.3, -0.25) is 0 Å². The van der Waals surface area contributed by atoms with Crippen LogP contribution in [0.1, 0.15) is 24.5 Å². The van der Waals surface area contributed by atoms with Crippen LogP contribution in [-0.2, 0) is 13.0 Å². The molecule has 0 saturated heterocycles. The van der Waals surface area contributed by atoms with Gasteiger partial charge in [0.05, 0.1) is 5.52 Å². The van der Waals surface area contributed by atoms with Crippen LogP contribution in [0.15, 0.2) is 43.1 Å². The lowest BCUT2D eigenvalue weighted by Crippen LogP contribution is -2.05. The molecule has 0 unspecified atom stereocenters. The first-order chi connectivity index (χ1) is 8.31. The molecule has 1 nitrogen and oxygen atoms in total. The molecule has 3 rings (SSSR count). The van der Waals surface area contributed by atoms with E-state index in [1.54, 1.807) is 0 Å². The van der Waals surface area contributed by atoms with Gasteiger partial charge in [-0.15, -0.1) is 0 Å². The van der Waals surface area contributed by atoms with Crippen molar-refractivity contribution in [3.05, 3.63) is 54.3 Å². The summed E-state index contributed by atoms with van der Waals surface area (Å²) < 4.78 is 2.39. The smallest absolute Gasteiger partial charge is 0.0519 e. The Bertz CT molecular complexity index is 614. The van der Waals surface area contributed by atoms with Crippen molar-refractivity contribution in [2.75, 3.05) is 0 Å². The summed E-state index contributed by atoms with van der Waals surface area (Å²) in [6, 6.07) is 6.63. The molecule has 1 aromatic carbocycles. The number of benzene rings is 1. The van der Waals surface area contributed by atoms with Crippen molar-refractivity contribution in [1.82, 2.24) is 4.57 Å². The molecule has 1 aromatic heterocycles. The van der Waals surface area contributed by atoms with Crippen LogP contribution >= 0.6 is 0 Å². The Hall–Kier alpha value is -1.76. The monoisotopic (exact) mass is 223 g/mol. The predicted molar refractivity (Wildman–Crippen MR) is 74.1 cm³/mol.